The van der Waals surface area contributed by atoms with E-state index < -0.39 is 0 Å². The Balaban J connectivity index is 0.00000133. The Morgan fingerprint density at radius 1 is 1.05 bits per heavy atom. The van der Waals surface area contributed by atoms with Gasteiger partial charge in [-0.3, -0.25) is 0 Å². The average molecular weight is 274 g/mol. The van der Waals surface area contributed by atoms with Gasteiger partial charge in [0.2, 0.25) is 0 Å². The SMILES string of the molecule is CCC1Cc2cccc(-c3ccccc3)c2CN1.Cl. The molecule has 0 aromatic heterocycles. The molecule has 0 spiro atoms. The van der Waals surface area contributed by atoms with Crippen LogP contribution in [0.25, 0.3) is 11.1 Å². The summed E-state index contributed by atoms with van der Waals surface area (Å²) in [4.78, 5) is 0. The highest BCUT2D eigenvalue weighted by Gasteiger charge is 2.18. The number of hydrogen-bond acceptors (Lipinski definition) is 1. The first-order valence-corrected chi connectivity index (χ1v) is 6.78. The van der Waals surface area contributed by atoms with Gasteiger partial charge in [-0.25, -0.2) is 0 Å². The molecule has 1 nitrogen and oxygen atoms in total. The van der Waals surface area contributed by atoms with Gasteiger partial charge in [0.1, 0.15) is 0 Å². The summed E-state index contributed by atoms with van der Waals surface area (Å²) in [5.41, 5.74) is 5.71. The van der Waals surface area contributed by atoms with Gasteiger partial charge >= 0.3 is 0 Å². The normalized spacial score (nSPS) is 17.4. The van der Waals surface area contributed by atoms with Crippen LogP contribution >= 0.6 is 12.4 Å². The second kappa shape index (κ2) is 6.23. The summed E-state index contributed by atoms with van der Waals surface area (Å²) in [5.74, 6) is 0. The highest BCUT2D eigenvalue weighted by atomic mass is 35.5. The molecule has 1 N–H and O–H groups in total. The van der Waals surface area contributed by atoms with Crippen molar-refractivity contribution in [2.45, 2.75) is 32.4 Å². The van der Waals surface area contributed by atoms with Crippen LogP contribution < -0.4 is 5.32 Å². The zero-order chi connectivity index (χ0) is 12.4. The van der Waals surface area contributed by atoms with E-state index in [0.717, 1.165) is 13.0 Å². The van der Waals surface area contributed by atoms with Gasteiger partial charge in [-0.2, -0.15) is 0 Å². The van der Waals surface area contributed by atoms with E-state index in [9.17, 15) is 0 Å². The van der Waals surface area contributed by atoms with Gasteiger partial charge in [-0.1, -0.05) is 55.5 Å². The number of halogens is 1. The summed E-state index contributed by atoms with van der Waals surface area (Å²) in [6, 6.07) is 18.0. The van der Waals surface area contributed by atoms with Crippen LogP contribution in [0.5, 0.6) is 0 Å². The Morgan fingerprint density at radius 2 is 1.84 bits per heavy atom. The fourth-order valence-corrected chi connectivity index (χ4v) is 2.80. The molecule has 0 amide bonds. The van der Waals surface area contributed by atoms with Gasteiger partial charge in [0.05, 0.1) is 0 Å². The third-order valence-electron chi connectivity index (χ3n) is 3.88. The molecule has 3 rings (SSSR count). The third kappa shape index (κ3) is 2.83. The quantitative estimate of drug-likeness (QED) is 0.865. The smallest absolute Gasteiger partial charge is 0.0217 e. The molecule has 0 fully saturated rings. The van der Waals surface area contributed by atoms with Crippen LogP contribution in [-0.4, -0.2) is 6.04 Å². The molecule has 2 aromatic carbocycles. The fourth-order valence-electron chi connectivity index (χ4n) is 2.80. The lowest BCUT2D eigenvalue weighted by Crippen LogP contribution is -2.35. The van der Waals surface area contributed by atoms with E-state index in [2.05, 4.69) is 60.8 Å². The molecular formula is C17H20ClN. The predicted molar refractivity (Wildman–Crippen MR) is 83.7 cm³/mol. The molecule has 1 aliphatic rings. The molecule has 0 saturated heterocycles. The summed E-state index contributed by atoms with van der Waals surface area (Å²) in [6.07, 6.45) is 2.36. The van der Waals surface area contributed by atoms with Crippen LogP contribution in [0.3, 0.4) is 0 Å². The molecule has 1 unspecified atom stereocenters. The van der Waals surface area contributed by atoms with E-state index in [0.29, 0.717) is 6.04 Å². The van der Waals surface area contributed by atoms with Crippen LogP contribution in [0.2, 0.25) is 0 Å². The van der Waals surface area contributed by atoms with E-state index in [1.54, 1.807) is 0 Å². The Bertz CT molecular complexity index is 536. The second-order valence-electron chi connectivity index (χ2n) is 5.00. The maximum Gasteiger partial charge on any atom is 0.0217 e. The third-order valence-corrected chi connectivity index (χ3v) is 3.88. The van der Waals surface area contributed by atoms with Crippen molar-refractivity contribution in [2.24, 2.45) is 0 Å². The average Bonchev–Trinajstić information content (AvgIpc) is 2.47. The summed E-state index contributed by atoms with van der Waals surface area (Å²) < 4.78 is 0. The van der Waals surface area contributed by atoms with Crippen molar-refractivity contribution in [3.05, 3.63) is 59.7 Å². The Hall–Kier alpha value is -1.31. The lowest BCUT2D eigenvalue weighted by molar-refractivity contribution is 0.468. The van der Waals surface area contributed by atoms with Gasteiger partial charge in [-0.05, 0) is 35.1 Å². The molecule has 0 aliphatic carbocycles. The number of rotatable bonds is 2. The molecule has 1 aliphatic heterocycles. The van der Waals surface area contributed by atoms with Crippen molar-refractivity contribution >= 4 is 12.4 Å². The van der Waals surface area contributed by atoms with Crippen molar-refractivity contribution in [2.75, 3.05) is 0 Å². The number of nitrogens with one attached hydrogen (secondary N) is 1. The number of benzene rings is 2. The molecule has 1 heterocycles. The Morgan fingerprint density at radius 3 is 2.58 bits per heavy atom. The first-order valence-electron chi connectivity index (χ1n) is 6.78. The van der Waals surface area contributed by atoms with E-state index in [1.807, 2.05) is 0 Å². The standard InChI is InChI=1S/C17H19N.ClH/c1-2-15-11-14-9-6-10-16(17(14)12-18-15)13-7-4-3-5-8-13;/h3-10,15,18H,2,11-12H2,1H3;1H. The van der Waals surface area contributed by atoms with Crippen molar-refractivity contribution in [3.63, 3.8) is 0 Å². The maximum atomic E-state index is 3.64. The molecule has 0 radical (unpaired) electrons. The highest BCUT2D eigenvalue weighted by Crippen LogP contribution is 2.29. The molecular weight excluding hydrogens is 254 g/mol. The molecule has 2 aromatic rings. The minimum absolute atomic E-state index is 0. The molecule has 2 heteroatoms. The van der Waals surface area contributed by atoms with Crippen LogP contribution in [0.15, 0.2) is 48.5 Å². The van der Waals surface area contributed by atoms with Crippen LogP contribution in [-0.2, 0) is 13.0 Å². The number of fused-ring (bicyclic) bond motifs is 1. The van der Waals surface area contributed by atoms with E-state index >= 15 is 0 Å². The number of hydrogen-bond donors (Lipinski definition) is 1. The van der Waals surface area contributed by atoms with Crippen LogP contribution in [0, 0.1) is 0 Å². The molecule has 0 bridgehead atoms. The topological polar surface area (TPSA) is 12.0 Å². The lowest BCUT2D eigenvalue weighted by Gasteiger charge is -2.27. The van der Waals surface area contributed by atoms with Gasteiger partial charge in [0, 0.05) is 12.6 Å². The minimum atomic E-state index is 0. The van der Waals surface area contributed by atoms with Gasteiger partial charge in [-0.15, -0.1) is 12.4 Å². The summed E-state index contributed by atoms with van der Waals surface area (Å²) in [7, 11) is 0. The monoisotopic (exact) mass is 273 g/mol. The van der Waals surface area contributed by atoms with Gasteiger partial charge < -0.3 is 5.32 Å². The van der Waals surface area contributed by atoms with Gasteiger partial charge in [0.25, 0.3) is 0 Å². The first-order chi connectivity index (χ1) is 8.88. The molecule has 1 atom stereocenters. The predicted octanol–water partition coefficient (Wildman–Crippen LogP) is 4.20. The minimum Gasteiger partial charge on any atom is -0.310 e. The summed E-state index contributed by atoms with van der Waals surface area (Å²) in [5, 5.41) is 3.64. The van der Waals surface area contributed by atoms with Crippen LogP contribution in [0.1, 0.15) is 24.5 Å². The lowest BCUT2D eigenvalue weighted by atomic mass is 9.89. The zero-order valence-electron chi connectivity index (χ0n) is 11.2. The summed E-state index contributed by atoms with van der Waals surface area (Å²) in [6.45, 7) is 3.25. The Kier molecular flexibility index (Phi) is 4.62. The molecule has 0 saturated carbocycles. The highest BCUT2D eigenvalue weighted by molar-refractivity contribution is 5.85. The van der Waals surface area contributed by atoms with Crippen molar-refractivity contribution in [1.29, 1.82) is 0 Å². The van der Waals surface area contributed by atoms with Crippen molar-refractivity contribution in [3.8, 4) is 11.1 Å². The second-order valence-corrected chi connectivity index (χ2v) is 5.00. The largest absolute Gasteiger partial charge is 0.310 e. The van der Waals surface area contributed by atoms with Crippen LogP contribution in [0.4, 0.5) is 0 Å². The molecule has 19 heavy (non-hydrogen) atoms. The van der Waals surface area contributed by atoms with Crippen molar-refractivity contribution < 1.29 is 0 Å². The van der Waals surface area contributed by atoms with E-state index in [1.165, 1.54) is 28.7 Å². The van der Waals surface area contributed by atoms with Gasteiger partial charge in [0.15, 0.2) is 0 Å². The maximum absolute atomic E-state index is 3.64. The fraction of sp³-hybridized carbons (Fsp3) is 0.294. The molecule has 100 valence electrons. The Labute approximate surface area is 121 Å². The van der Waals surface area contributed by atoms with Crippen molar-refractivity contribution in [1.82, 2.24) is 5.32 Å². The zero-order valence-corrected chi connectivity index (χ0v) is 12.0. The summed E-state index contributed by atoms with van der Waals surface area (Å²) >= 11 is 0. The van der Waals surface area contributed by atoms with E-state index in [4.69, 9.17) is 0 Å². The van der Waals surface area contributed by atoms with E-state index in [-0.39, 0.29) is 12.4 Å². The first kappa shape index (κ1) is 14.1.